The molecule has 0 spiro atoms. The zero-order chi connectivity index (χ0) is 19.2. The van der Waals surface area contributed by atoms with Gasteiger partial charge < -0.3 is 15.8 Å². The number of ether oxygens (including phenoxy) is 1. The number of hydrogen-bond donors (Lipinski definition) is 2. The quantitative estimate of drug-likeness (QED) is 0.615. The van der Waals surface area contributed by atoms with Crippen LogP contribution in [0.15, 0.2) is 84.9 Å². The van der Waals surface area contributed by atoms with Crippen LogP contribution in [-0.4, -0.2) is 18.8 Å². The maximum absolute atomic E-state index is 6.39. The molecule has 28 heavy (non-hydrogen) atoms. The summed E-state index contributed by atoms with van der Waals surface area (Å²) in [6.45, 7) is 1.59. The van der Waals surface area contributed by atoms with Crippen molar-refractivity contribution in [3.63, 3.8) is 0 Å². The molecule has 1 aliphatic heterocycles. The normalized spacial score (nSPS) is 19.6. The Balaban J connectivity index is 1.40. The van der Waals surface area contributed by atoms with Gasteiger partial charge in [-0.15, -0.1) is 0 Å². The summed E-state index contributed by atoms with van der Waals surface area (Å²) in [6.07, 6.45) is 2.38. The first-order valence-corrected chi connectivity index (χ1v) is 10.1. The van der Waals surface area contributed by atoms with Crippen molar-refractivity contribution in [2.24, 2.45) is 0 Å². The van der Waals surface area contributed by atoms with Crippen LogP contribution in [0.5, 0.6) is 0 Å². The first-order valence-electron chi connectivity index (χ1n) is 10.1. The van der Waals surface area contributed by atoms with E-state index in [0.717, 1.165) is 31.7 Å². The van der Waals surface area contributed by atoms with Crippen molar-refractivity contribution in [3.05, 3.63) is 102 Å². The number of benzene rings is 3. The molecule has 3 nitrogen and oxygen atoms in total. The van der Waals surface area contributed by atoms with Crippen LogP contribution < -0.4 is 11.1 Å². The van der Waals surface area contributed by atoms with E-state index >= 15 is 0 Å². The molecule has 2 atom stereocenters. The van der Waals surface area contributed by atoms with E-state index in [0.29, 0.717) is 6.04 Å². The summed E-state index contributed by atoms with van der Waals surface area (Å²) < 4.78 is 6.39. The van der Waals surface area contributed by atoms with Crippen molar-refractivity contribution in [2.75, 3.05) is 12.3 Å². The molecule has 3 aromatic carbocycles. The second kappa shape index (κ2) is 9.05. The van der Waals surface area contributed by atoms with Crippen molar-refractivity contribution in [1.82, 2.24) is 5.32 Å². The number of hydrogen-bond acceptors (Lipinski definition) is 3. The Labute approximate surface area is 167 Å². The van der Waals surface area contributed by atoms with E-state index in [1.165, 1.54) is 16.7 Å². The molecule has 1 aliphatic rings. The Bertz CT molecular complexity index is 801. The Hall–Kier alpha value is -2.62. The highest BCUT2D eigenvalue weighted by Gasteiger charge is 2.30. The van der Waals surface area contributed by atoms with Crippen LogP contribution in [0.2, 0.25) is 0 Å². The lowest BCUT2D eigenvalue weighted by Crippen LogP contribution is -2.41. The highest BCUT2D eigenvalue weighted by Crippen LogP contribution is 2.34. The summed E-state index contributed by atoms with van der Waals surface area (Å²) in [4.78, 5) is 0. The third-order valence-electron chi connectivity index (χ3n) is 5.57. The van der Waals surface area contributed by atoms with Crippen LogP contribution in [0.4, 0.5) is 5.69 Å². The molecule has 0 amide bonds. The van der Waals surface area contributed by atoms with Gasteiger partial charge in [0.25, 0.3) is 0 Å². The zero-order valence-electron chi connectivity index (χ0n) is 16.1. The summed E-state index contributed by atoms with van der Waals surface area (Å²) in [5, 5.41) is 3.63. The highest BCUT2D eigenvalue weighted by atomic mass is 16.5. The van der Waals surface area contributed by atoms with Crippen LogP contribution in [0.3, 0.4) is 0 Å². The monoisotopic (exact) mass is 372 g/mol. The first kappa shape index (κ1) is 18.7. The number of anilines is 1. The fourth-order valence-electron chi connectivity index (χ4n) is 4.04. The molecule has 1 saturated heterocycles. The molecule has 0 unspecified atom stereocenters. The largest absolute Gasteiger partial charge is 0.399 e. The topological polar surface area (TPSA) is 47.3 Å². The van der Waals surface area contributed by atoms with E-state index < -0.39 is 0 Å². The molecule has 0 saturated carbocycles. The van der Waals surface area contributed by atoms with Gasteiger partial charge in [0.15, 0.2) is 0 Å². The minimum absolute atomic E-state index is 0.208. The van der Waals surface area contributed by atoms with Gasteiger partial charge >= 0.3 is 0 Å². The fraction of sp³-hybridized carbons (Fsp3) is 0.280. The zero-order valence-corrected chi connectivity index (χ0v) is 16.1. The van der Waals surface area contributed by atoms with Gasteiger partial charge in [-0.2, -0.15) is 0 Å². The number of nitrogen functional groups attached to an aromatic ring is 1. The van der Waals surface area contributed by atoms with E-state index in [9.17, 15) is 0 Å². The van der Waals surface area contributed by atoms with Crippen molar-refractivity contribution < 1.29 is 4.74 Å². The van der Waals surface area contributed by atoms with Gasteiger partial charge in [-0.05, 0) is 41.7 Å². The molecular formula is C25H28N2O. The van der Waals surface area contributed by atoms with Gasteiger partial charge in [-0.25, -0.2) is 0 Å². The van der Waals surface area contributed by atoms with E-state index in [1.54, 1.807) is 0 Å². The molecule has 144 valence electrons. The third kappa shape index (κ3) is 4.61. The van der Waals surface area contributed by atoms with Gasteiger partial charge in [0.05, 0.1) is 12.7 Å². The molecule has 0 aliphatic carbocycles. The number of nitrogens with two attached hydrogens (primary N) is 1. The fourth-order valence-corrected chi connectivity index (χ4v) is 4.04. The second-order valence-corrected chi connectivity index (χ2v) is 7.57. The highest BCUT2D eigenvalue weighted by molar-refractivity contribution is 5.39. The lowest BCUT2D eigenvalue weighted by atomic mass is 9.83. The van der Waals surface area contributed by atoms with E-state index in [1.807, 2.05) is 12.1 Å². The smallest absolute Gasteiger partial charge is 0.0685 e. The number of nitrogens with one attached hydrogen (secondary N) is 1. The summed E-state index contributed by atoms with van der Waals surface area (Å²) in [6, 6.07) is 29.9. The minimum Gasteiger partial charge on any atom is -0.399 e. The maximum Gasteiger partial charge on any atom is 0.0685 e. The first-order chi connectivity index (χ1) is 13.8. The van der Waals surface area contributed by atoms with Gasteiger partial charge in [0.1, 0.15) is 0 Å². The molecule has 0 bridgehead atoms. The molecule has 1 heterocycles. The average Bonchev–Trinajstić information content (AvgIpc) is 2.76. The van der Waals surface area contributed by atoms with E-state index in [2.05, 4.69) is 78.1 Å². The molecule has 4 rings (SSSR count). The molecule has 3 heteroatoms. The SMILES string of the molecule is Nc1ccc(CN[C@@H]2CC[C@H](C(c3ccccc3)c3ccccc3)[16O]C2)cc1. The molecule has 3 N–H and O–H groups in total. The third-order valence-corrected chi connectivity index (χ3v) is 5.57. The maximum atomic E-state index is 6.39. The van der Waals surface area contributed by atoms with Crippen LogP contribution in [0.25, 0.3) is 0 Å². The molecule has 0 aromatic heterocycles. The number of rotatable bonds is 6. The lowest BCUT2D eigenvalue weighted by Gasteiger charge is -2.35. The van der Waals surface area contributed by atoms with Crippen LogP contribution >= 0.6 is 0 Å². The Morgan fingerprint density at radius 1 is 0.821 bits per heavy atom. The van der Waals surface area contributed by atoms with Gasteiger partial charge in [-0.1, -0.05) is 72.8 Å². The Kier molecular flexibility index (Phi) is 6.05. The predicted molar refractivity (Wildman–Crippen MR) is 115 cm³/mol. The minimum atomic E-state index is 0.208. The van der Waals surface area contributed by atoms with Gasteiger partial charge in [-0.3, -0.25) is 0 Å². The summed E-state index contributed by atoms with van der Waals surface area (Å²) >= 11 is 0. The van der Waals surface area contributed by atoms with Crippen molar-refractivity contribution in [1.29, 1.82) is 0 Å². The predicted octanol–water partition coefficient (Wildman–Crippen LogP) is 4.74. The summed E-state index contributed by atoms with van der Waals surface area (Å²) in [5.41, 5.74) is 10.5. The van der Waals surface area contributed by atoms with Crippen LogP contribution in [0, 0.1) is 0 Å². The Morgan fingerprint density at radius 2 is 1.43 bits per heavy atom. The Morgan fingerprint density at radius 3 is 1.96 bits per heavy atom. The standard InChI is InChI=1S/C25H28N2O/c26-22-13-11-19(12-14-22)17-27-23-15-16-24(28-18-23)25(20-7-3-1-4-8-20)21-9-5-2-6-10-21/h1-14,23-25,27H,15-18,26H2/t23-,24-/m1/s1/i28+0. The molecule has 3 aromatic rings. The summed E-state index contributed by atoms with van der Waals surface area (Å²) in [5.74, 6) is 0.278. The van der Waals surface area contributed by atoms with Gasteiger partial charge in [0.2, 0.25) is 0 Å². The average molecular weight is 373 g/mol. The van der Waals surface area contributed by atoms with E-state index in [-0.39, 0.29) is 12.0 Å². The second-order valence-electron chi connectivity index (χ2n) is 7.57. The van der Waals surface area contributed by atoms with Crippen LogP contribution in [-0.2, 0) is 11.3 Å². The molecule has 1 fully saturated rings. The van der Waals surface area contributed by atoms with Crippen molar-refractivity contribution >= 4 is 5.69 Å². The lowest BCUT2D eigenvalue weighted by molar-refractivity contribution is -0.0116. The van der Waals surface area contributed by atoms with Crippen molar-refractivity contribution in [2.45, 2.75) is 37.5 Å². The summed E-state index contributed by atoms with van der Waals surface area (Å²) in [7, 11) is 0. The van der Waals surface area contributed by atoms with Crippen molar-refractivity contribution in [3.8, 4) is 0 Å². The molecule has 0 radical (unpaired) electrons. The van der Waals surface area contributed by atoms with Crippen LogP contribution in [0.1, 0.15) is 35.4 Å². The van der Waals surface area contributed by atoms with Gasteiger partial charge in [0, 0.05) is 24.2 Å². The molecular weight excluding hydrogens is 344 g/mol. The van der Waals surface area contributed by atoms with E-state index in [4.69, 9.17) is 10.5 Å².